The second kappa shape index (κ2) is 4.32. The molecule has 1 nitrogen and oxygen atoms in total. The molecule has 1 rings (SSSR count). The Labute approximate surface area is 101 Å². The Morgan fingerprint density at radius 3 is 2.25 bits per heavy atom. The van der Waals surface area contributed by atoms with E-state index in [1.54, 1.807) is 0 Å². The van der Waals surface area contributed by atoms with E-state index >= 15 is 0 Å². The summed E-state index contributed by atoms with van der Waals surface area (Å²) in [5.41, 5.74) is 4.05. The predicted octanol–water partition coefficient (Wildman–Crippen LogP) is 4.09. The van der Waals surface area contributed by atoms with Crippen LogP contribution >= 0.6 is 0 Å². The molecule has 0 saturated heterocycles. The molecule has 0 radical (unpaired) electrons. The standard InChI is InChI=1S/C14H25NSi/c1-8-12-11(10-16(5,6)7)9-15-13(12)14(2,3)4/h8-10,12-13H,1H2,2-7H3/b11-10-/t12?,13-/m0/s1. The van der Waals surface area contributed by atoms with Crippen molar-refractivity contribution >= 4 is 14.3 Å². The summed E-state index contributed by atoms with van der Waals surface area (Å²) >= 11 is 0. The van der Waals surface area contributed by atoms with E-state index < -0.39 is 8.07 Å². The van der Waals surface area contributed by atoms with E-state index in [1.807, 2.05) is 0 Å². The molecule has 1 unspecified atom stereocenters. The fraction of sp³-hybridized carbons (Fsp3) is 0.643. The molecule has 0 bridgehead atoms. The minimum atomic E-state index is -1.17. The molecule has 1 aliphatic rings. The predicted molar refractivity (Wildman–Crippen MR) is 76.9 cm³/mol. The number of nitrogens with zero attached hydrogens (tertiary/aromatic N) is 1. The zero-order valence-electron chi connectivity index (χ0n) is 11.5. The van der Waals surface area contributed by atoms with Crippen molar-refractivity contribution in [3.05, 3.63) is 23.9 Å². The first kappa shape index (κ1) is 13.4. The molecular formula is C14H25NSi. The Kier molecular flexibility index (Phi) is 3.63. The van der Waals surface area contributed by atoms with Gasteiger partial charge in [0, 0.05) is 12.1 Å². The lowest BCUT2D eigenvalue weighted by Crippen LogP contribution is -2.29. The molecule has 0 aromatic rings. The smallest absolute Gasteiger partial charge is 0.0691 e. The number of aliphatic imine (C=N–C) groups is 1. The summed E-state index contributed by atoms with van der Waals surface area (Å²) in [7, 11) is -1.17. The molecule has 1 heterocycles. The van der Waals surface area contributed by atoms with Gasteiger partial charge in [-0.2, -0.15) is 0 Å². The van der Waals surface area contributed by atoms with Crippen LogP contribution in [0.1, 0.15) is 20.8 Å². The second-order valence-electron chi connectivity index (χ2n) is 6.86. The molecule has 0 N–H and O–H groups in total. The first-order chi connectivity index (χ1) is 7.15. The molecule has 0 aliphatic carbocycles. The van der Waals surface area contributed by atoms with E-state index in [2.05, 4.69) is 70.0 Å². The van der Waals surface area contributed by atoms with Crippen LogP contribution in [0.15, 0.2) is 28.9 Å². The van der Waals surface area contributed by atoms with E-state index in [0.29, 0.717) is 12.0 Å². The first-order valence-corrected chi connectivity index (χ1v) is 9.61. The van der Waals surface area contributed by atoms with Gasteiger partial charge in [0.1, 0.15) is 0 Å². The third-order valence-corrected chi connectivity index (χ3v) is 4.05. The molecular weight excluding hydrogens is 210 g/mol. The average molecular weight is 235 g/mol. The summed E-state index contributed by atoms with van der Waals surface area (Å²) in [4.78, 5) is 4.68. The van der Waals surface area contributed by atoms with Crippen LogP contribution in [0.25, 0.3) is 0 Å². The summed E-state index contributed by atoms with van der Waals surface area (Å²) < 4.78 is 0. The summed E-state index contributed by atoms with van der Waals surface area (Å²) in [6.45, 7) is 17.8. The monoisotopic (exact) mass is 235 g/mol. The molecule has 0 aromatic carbocycles. The molecule has 0 aromatic heterocycles. The van der Waals surface area contributed by atoms with Crippen molar-refractivity contribution < 1.29 is 0 Å². The molecule has 0 amide bonds. The van der Waals surface area contributed by atoms with Crippen LogP contribution in [0.2, 0.25) is 19.6 Å². The van der Waals surface area contributed by atoms with Gasteiger partial charge < -0.3 is 0 Å². The van der Waals surface area contributed by atoms with E-state index in [4.69, 9.17) is 0 Å². The summed E-state index contributed by atoms with van der Waals surface area (Å²) in [5, 5.41) is 0. The fourth-order valence-electron chi connectivity index (χ4n) is 2.19. The van der Waals surface area contributed by atoms with Crippen LogP contribution in [0, 0.1) is 11.3 Å². The van der Waals surface area contributed by atoms with Gasteiger partial charge in [0.05, 0.1) is 14.1 Å². The SMILES string of the molecule is C=CC1/C(=C\[Si](C)(C)C)C=N[C@@H]1C(C)(C)C. The summed E-state index contributed by atoms with van der Waals surface area (Å²) in [6, 6.07) is 0.354. The van der Waals surface area contributed by atoms with Gasteiger partial charge in [-0.05, 0) is 11.0 Å². The van der Waals surface area contributed by atoms with Crippen LogP contribution < -0.4 is 0 Å². The zero-order valence-corrected chi connectivity index (χ0v) is 12.5. The maximum absolute atomic E-state index is 4.68. The second-order valence-corrected chi connectivity index (χ2v) is 11.9. The van der Waals surface area contributed by atoms with Crippen molar-refractivity contribution in [2.24, 2.45) is 16.3 Å². The highest BCUT2D eigenvalue weighted by Crippen LogP contribution is 2.36. The molecule has 16 heavy (non-hydrogen) atoms. The highest BCUT2D eigenvalue weighted by molar-refractivity contribution is 6.81. The van der Waals surface area contributed by atoms with Gasteiger partial charge in [-0.1, -0.05) is 52.2 Å². The lowest BCUT2D eigenvalue weighted by molar-refractivity contribution is 0.298. The Bertz CT molecular complexity index is 326. The van der Waals surface area contributed by atoms with Gasteiger partial charge >= 0.3 is 0 Å². The van der Waals surface area contributed by atoms with Gasteiger partial charge in [-0.15, -0.1) is 6.58 Å². The van der Waals surface area contributed by atoms with Crippen molar-refractivity contribution in [3.63, 3.8) is 0 Å². The van der Waals surface area contributed by atoms with Gasteiger partial charge in [0.2, 0.25) is 0 Å². The highest BCUT2D eigenvalue weighted by Gasteiger charge is 2.35. The topological polar surface area (TPSA) is 12.4 Å². The van der Waals surface area contributed by atoms with Gasteiger partial charge in [0.25, 0.3) is 0 Å². The van der Waals surface area contributed by atoms with Crippen LogP contribution in [0.4, 0.5) is 0 Å². The van der Waals surface area contributed by atoms with E-state index in [-0.39, 0.29) is 5.41 Å². The average Bonchev–Trinajstić information content (AvgIpc) is 2.43. The number of hydrogen-bond acceptors (Lipinski definition) is 1. The van der Waals surface area contributed by atoms with Crippen LogP contribution in [-0.2, 0) is 0 Å². The van der Waals surface area contributed by atoms with E-state index in [0.717, 1.165) is 0 Å². The summed E-state index contributed by atoms with van der Waals surface area (Å²) in [5.74, 6) is 0.409. The van der Waals surface area contributed by atoms with Crippen LogP contribution in [0.3, 0.4) is 0 Å². The Balaban J connectivity index is 3.00. The lowest BCUT2D eigenvalue weighted by atomic mass is 9.78. The summed E-state index contributed by atoms with van der Waals surface area (Å²) in [6.07, 6.45) is 4.13. The molecule has 2 atom stereocenters. The zero-order chi connectivity index (χ0) is 12.6. The highest BCUT2D eigenvalue weighted by atomic mass is 28.3. The van der Waals surface area contributed by atoms with Gasteiger partial charge in [-0.25, -0.2) is 0 Å². The van der Waals surface area contributed by atoms with Crippen molar-refractivity contribution in [2.75, 3.05) is 0 Å². The quantitative estimate of drug-likeness (QED) is 0.505. The first-order valence-electron chi connectivity index (χ1n) is 6.03. The molecule has 1 aliphatic heterocycles. The van der Waals surface area contributed by atoms with Gasteiger partial charge in [0.15, 0.2) is 0 Å². The fourth-order valence-corrected chi connectivity index (χ4v) is 3.46. The Hall–Kier alpha value is -0.633. The molecule has 0 saturated carbocycles. The normalized spacial score (nSPS) is 28.8. The Morgan fingerprint density at radius 2 is 1.88 bits per heavy atom. The molecule has 2 heteroatoms. The third kappa shape index (κ3) is 3.18. The van der Waals surface area contributed by atoms with Crippen molar-refractivity contribution in [1.29, 1.82) is 0 Å². The van der Waals surface area contributed by atoms with Crippen molar-refractivity contribution in [2.45, 2.75) is 46.5 Å². The van der Waals surface area contributed by atoms with Crippen LogP contribution in [0.5, 0.6) is 0 Å². The third-order valence-electron chi connectivity index (χ3n) is 2.85. The minimum absolute atomic E-state index is 0.213. The number of hydrogen-bond donors (Lipinski definition) is 0. The van der Waals surface area contributed by atoms with E-state index in [1.165, 1.54) is 5.57 Å². The molecule has 0 fully saturated rings. The maximum atomic E-state index is 4.68. The minimum Gasteiger partial charge on any atom is -0.288 e. The largest absolute Gasteiger partial charge is 0.288 e. The Morgan fingerprint density at radius 1 is 1.31 bits per heavy atom. The van der Waals surface area contributed by atoms with Crippen molar-refractivity contribution in [1.82, 2.24) is 0 Å². The van der Waals surface area contributed by atoms with Gasteiger partial charge in [-0.3, -0.25) is 4.99 Å². The molecule has 0 spiro atoms. The van der Waals surface area contributed by atoms with Crippen molar-refractivity contribution in [3.8, 4) is 0 Å². The lowest BCUT2D eigenvalue weighted by Gasteiger charge is -2.29. The van der Waals surface area contributed by atoms with Crippen LogP contribution in [-0.4, -0.2) is 20.3 Å². The van der Waals surface area contributed by atoms with E-state index in [9.17, 15) is 0 Å². The molecule has 90 valence electrons. The maximum Gasteiger partial charge on any atom is 0.0691 e. The number of rotatable bonds is 2.